The number of amides is 1. The van der Waals surface area contributed by atoms with Crippen LogP contribution in [0.2, 0.25) is 13.3 Å². The molecule has 9 heteroatoms. The van der Waals surface area contributed by atoms with Crippen molar-refractivity contribution in [2.24, 2.45) is 0 Å². The molecule has 1 aromatic carbocycles. The number of aromatic nitrogens is 3. The van der Waals surface area contributed by atoms with Gasteiger partial charge in [0.2, 0.25) is 0 Å². The van der Waals surface area contributed by atoms with Crippen molar-refractivity contribution in [1.82, 2.24) is 25.2 Å². The fourth-order valence-corrected chi connectivity index (χ4v) is 21.4. The predicted octanol–water partition coefficient (Wildman–Crippen LogP) is 6.35. The number of rotatable bonds is 19. The van der Waals surface area contributed by atoms with E-state index in [0.717, 1.165) is 17.6 Å². The third-order valence-corrected chi connectivity index (χ3v) is 23.6. The minimum atomic E-state index is -2.56. The second kappa shape index (κ2) is 17.6. The minimum absolute atomic E-state index is 0.149. The Morgan fingerprint density at radius 1 is 0.951 bits per heavy atom. The first-order chi connectivity index (χ1) is 20.0. The van der Waals surface area contributed by atoms with Crippen LogP contribution in [0.4, 0.5) is 4.39 Å². The molecule has 0 saturated carbocycles. The number of likely N-dealkylation sites (N-methyl/N-ethyl adjacent to an activating group) is 1. The summed E-state index contributed by atoms with van der Waals surface area (Å²) in [7, 11) is 0. The number of carbonyl (C=O) groups is 1. The molecule has 0 atom stereocenters. The van der Waals surface area contributed by atoms with Crippen LogP contribution in [0.1, 0.15) is 76.7 Å². The molecule has 1 amide bonds. The number of pyridine rings is 1. The zero-order valence-electron chi connectivity index (χ0n) is 25.4. The molecule has 7 nitrogen and oxygen atoms in total. The van der Waals surface area contributed by atoms with E-state index in [1.807, 2.05) is 6.92 Å². The predicted molar refractivity (Wildman–Crippen MR) is 168 cm³/mol. The molecule has 0 aliphatic carbocycles. The van der Waals surface area contributed by atoms with Crippen LogP contribution in [0.15, 0.2) is 42.7 Å². The van der Waals surface area contributed by atoms with Crippen LogP contribution in [0, 0.1) is 5.95 Å². The van der Waals surface area contributed by atoms with Gasteiger partial charge in [0.05, 0.1) is 0 Å². The summed E-state index contributed by atoms with van der Waals surface area (Å²) in [4.78, 5) is 28.0. The molecule has 0 spiro atoms. The normalized spacial score (nSPS) is 11.8. The van der Waals surface area contributed by atoms with Crippen molar-refractivity contribution in [3.05, 3.63) is 54.4 Å². The van der Waals surface area contributed by atoms with Crippen LogP contribution >= 0.6 is 0 Å². The van der Waals surface area contributed by atoms with Crippen LogP contribution in [0.25, 0.3) is 11.0 Å². The Morgan fingerprint density at radius 3 is 2.29 bits per heavy atom. The molecule has 3 aromatic rings. The van der Waals surface area contributed by atoms with E-state index < -0.39 is 24.3 Å². The first kappa shape index (κ1) is 33.2. The Balaban J connectivity index is 1.61. The average Bonchev–Trinajstić information content (AvgIpc) is 3.00. The summed E-state index contributed by atoms with van der Waals surface area (Å²) in [6, 6.07) is 9.92. The van der Waals surface area contributed by atoms with Crippen molar-refractivity contribution in [3.8, 4) is 5.75 Å². The Morgan fingerprint density at radius 2 is 1.66 bits per heavy atom. The topological polar surface area (TPSA) is 80.2 Å². The molecule has 0 aliphatic rings. The van der Waals surface area contributed by atoms with E-state index in [-0.39, 0.29) is 11.7 Å². The summed E-state index contributed by atoms with van der Waals surface area (Å²) in [6.45, 7) is 11.8. The summed E-state index contributed by atoms with van der Waals surface area (Å²) in [6.07, 6.45) is 10.7. The zero-order valence-corrected chi connectivity index (χ0v) is 28.3. The third kappa shape index (κ3) is 9.87. The fraction of sp³-hybridized carbons (Fsp3) is 0.562. The van der Waals surface area contributed by atoms with E-state index >= 15 is 0 Å². The van der Waals surface area contributed by atoms with Crippen LogP contribution in [0.5, 0.6) is 5.75 Å². The van der Waals surface area contributed by atoms with Crippen molar-refractivity contribution in [1.29, 1.82) is 0 Å². The summed E-state index contributed by atoms with van der Waals surface area (Å²) < 4.78 is 25.0. The van der Waals surface area contributed by atoms with Crippen molar-refractivity contribution < 1.29 is 13.9 Å². The molecule has 224 valence electrons. The Kier molecular flexibility index (Phi) is 14.2. The van der Waals surface area contributed by atoms with Gasteiger partial charge in [0.1, 0.15) is 6.61 Å². The fourth-order valence-electron chi connectivity index (χ4n) is 5.41. The van der Waals surface area contributed by atoms with Gasteiger partial charge < -0.3 is 4.74 Å². The molecular formula is C32H48FN5O2Sn. The summed E-state index contributed by atoms with van der Waals surface area (Å²) in [5.74, 6) is -0.686. The van der Waals surface area contributed by atoms with E-state index in [1.165, 1.54) is 58.0 Å². The maximum atomic E-state index is 13.6. The van der Waals surface area contributed by atoms with E-state index in [4.69, 9.17) is 9.72 Å². The number of nitrogens with zero attached hydrogens (tertiary/aromatic N) is 4. The molecule has 2 aromatic heterocycles. The second-order valence-corrected chi connectivity index (χ2v) is 24.1. The number of carbonyl (C=O) groups excluding carboxylic acids is 1. The molecule has 0 radical (unpaired) electrons. The maximum absolute atomic E-state index is 13.6. The molecular weight excluding hydrogens is 624 g/mol. The van der Waals surface area contributed by atoms with Gasteiger partial charge in [0.25, 0.3) is 5.95 Å². The molecule has 0 fully saturated rings. The van der Waals surface area contributed by atoms with Gasteiger partial charge in [0.15, 0.2) is 5.75 Å². The van der Waals surface area contributed by atoms with Crippen LogP contribution < -0.4 is 13.6 Å². The number of ether oxygens (including phenoxy) is 1. The van der Waals surface area contributed by atoms with Gasteiger partial charge in [-0.25, -0.2) is 4.98 Å². The third-order valence-electron chi connectivity index (χ3n) is 7.96. The van der Waals surface area contributed by atoms with Gasteiger partial charge in [-0.05, 0) is 12.1 Å². The number of fused-ring (bicyclic) bond motifs is 1. The van der Waals surface area contributed by atoms with E-state index in [2.05, 4.69) is 59.2 Å². The van der Waals surface area contributed by atoms with Crippen LogP contribution in [-0.2, 0) is 0 Å². The van der Waals surface area contributed by atoms with Crippen molar-refractivity contribution >= 4 is 38.9 Å². The molecule has 0 bridgehead atoms. The first-order valence-electron chi connectivity index (χ1n) is 15.5. The second-order valence-electron chi connectivity index (χ2n) is 10.9. The Labute approximate surface area is 249 Å². The quantitative estimate of drug-likeness (QED) is 0.118. The zero-order chi connectivity index (χ0) is 29.5. The Hall–Kier alpha value is -2.33. The molecule has 0 aliphatic heterocycles. The number of hydrogen-bond acceptors (Lipinski definition) is 6. The van der Waals surface area contributed by atoms with Gasteiger partial charge in [-0.15, -0.1) is 0 Å². The van der Waals surface area contributed by atoms with Gasteiger partial charge >= 0.3 is 193 Å². The molecule has 1 N–H and O–H groups in total. The van der Waals surface area contributed by atoms with Crippen LogP contribution in [-0.4, -0.2) is 76.9 Å². The van der Waals surface area contributed by atoms with Crippen molar-refractivity contribution in [2.75, 3.05) is 32.8 Å². The van der Waals surface area contributed by atoms with E-state index in [1.54, 1.807) is 21.9 Å². The number of benzene rings is 1. The molecule has 3 rings (SSSR count). The number of unbranched alkanes of at least 4 members (excludes halogenated alkanes) is 3. The monoisotopic (exact) mass is 673 g/mol. The van der Waals surface area contributed by atoms with Crippen molar-refractivity contribution in [3.63, 3.8) is 0 Å². The van der Waals surface area contributed by atoms with Gasteiger partial charge in [-0.2, -0.15) is 4.39 Å². The summed E-state index contributed by atoms with van der Waals surface area (Å²) in [5, 5.41) is 2.97. The number of halogens is 1. The number of hydrogen-bond donors (Lipinski definition) is 1. The summed E-state index contributed by atoms with van der Waals surface area (Å²) in [5.41, 5.74) is 2.01. The average molecular weight is 672 g/mol. The SMILES string of the molecule is CCC[CH2][Sn]([CH2]CCC)([CH2]CCC)[c]1ccc2nc(C(=O)NCCN(CC)CCOc3cccnc3F)cnc2c1. The standard InChI is InChI=1S/C20H21FN5O2.3C4H9.Sn/c1-2-26(12-13-28-18-8-5-9-22-19(18)21)11-10-23-20(27)17-14-24-15-6-3-4-7-16(15)25-17;3*1-3-4-2;/h4-9,14H,2,10-13H2,1H3,(H,23,27);3*1,3-4H2,2H3;. The van der Waals surface area contributed by atoms with Gasteiger partial charge in [0, 0.05) is 6.20 Å². The van der Waals surface area contributed by atoms with Crippen molar-refractivity contribution in [2.45, 2.75) is 79.5 Å². The van der Waals surface area contributed by atoms with E-state index in [0.29, 0.717) is 31.9 Å². The van der Waals surface area contributed by atoms with Gasteiger partial charge in [-0.3, -0.25) is 0 Å². The van der Waals surface area contributed by atoms with Crippen LogP contribution in [0.3, 0.4) is 0 Å². The van der Waals surface area contributed by atoms with E-state index in [9.17, 15) is 9.18 Å². The molecule has 41 heavy (non-hydrogen) atoms. The Bertz CT molecular complexity index is 1210. The summed E-state index contributed by atoms with van der Waals surface area (Å²) >= 11 is -2.56. The molecule has 0 saturated heterocycles. The molecule has 0 unspecified atom stereocenters. The first-order valence-corrected chi connectivity index (χ1v) is 23.0. The molecule has 2 heterocycles. The number of nitrogens with one attached hydrogen (secondary N) is 1. The van der Waals surface area contributed by atoms with Gasteiger partial charge in [-0.1, -0.05) is 6.92 Å².